The van der Waals surface area contributed by atoms with Gasteiger partial charge in [0.2, 0.25) is 5.91 Å². The lowest BCUT2D eigenvalue weighted by Crippen LogP contribution is -2.39. The smallest absolute Gasteiger partial charge is 0.252 e. The first kappa shape index (κ1) is 14.5. The molecule has 0 aliphatic carbocycles. The van der Waals surface area contributed by atoms with Crippen LogP contribution >= 0.6 is 0 Å². The van der Waals surface area contributed by atoms with E-state index < -0.39 is 5.91 Å². The summed E-state index contributed by atoms with van der Waals surface area (Å²) in [4.78, 5) is 24.7. The maximum Gasteiger partial charge on any atom is 0.252 e. The van der Waals surface area contributed by atoms with Gasteiger partial charge in [-0.05, 0) is 12.0 Å². The highest BCUT2D eigenvalue weighted by Gasteiger charge is 2.24. The van der Waals surface area contributed by atoms with Gasteiger partial charge < -0.3 is 5.32 Å². The van der Waals surface area contributed by atoms with Crippen LogP contribution in [-0.2, 0) is 16.1 Å². The second-order valence-corrected chi connectivity index (χ2v) is 4.99. The number of likely N-dealkylation sites (tertiary alicyclic amines) is 1. The van der Waals surface area contributed by atoms with Crippen LogP contribution in [0.2, 0.25) is 0 Å². The molecule has 0 bridgehead atoms. The van der Waals surface area contributed by atoms with Gasteiger partial charge in [-0.15, -0.1) is 0 Å². The molecule has 1 aliphatic heterocycles. The topological polar surface area (TPSA) is 81.7 Å². The monoisotopic (exact) mass is 277 g/mol. The molecule has 1 atom stereocenters. The van der Waals surface area contributed by atoms with Crippen LogP contribution in [0.3, 0.4) is 0 Å². The zero-order valence-electron chi connectivity index (χ0n) is 11.2. The van der Waals surface area contributed by atoms with Gasteiger partial charge in [-0.2, -0.15) is 0 Å². The molecule has 0 spiro atoms. The quantitative estimate of drug-likeness (QED) is 0.410. The van der Waals surface area contributed by atoms with Crippen molar-refractivity contribution in [3.05, 3.63) is 35.9 Å². The van der Waals surface area contributed by atoms with Crippen molar-refractivity contribution < 1.29 is 14.8 Å². The number of hydrogen-bond acceptors (Lipinski definition) is 4. The molecule has 2 amide bonds. The highest BCUT2D eigenvalue weighted by Crippen LogP contribution is 2.13. The molecule has 6 heteroatoms. The summed E-state index contributed by atoms with van der Waals surface area (Å²) >= 11 is 0. The Morgan fingerprint density at radius 2 is 2.00 bits per heavy atom. The van der Waals surface area contributed by atoms with E-state index in [0.29, 0.717) is 0 Å². The van der Waals surface area contributed by atoms with E-state index in [1.54, 1.807) is 0 Å². The molecule has 0 saturated carbocycles. The molecular weight excluding hydrogens is 258 g/mol. The highest BCUT2D eigenvalue weighted by atomic mass is 16.5. The largest absolute Gasteiger partial charge is 0.352 e. The minimum atomic E-state index is -0.693. The van der Waals surface area contributed by atoms with E-state index in [1.807, 2.05) is 18.2 Å². The average molecular weight is 277 g/mol. The first-order chi connectivity index (χ1) is 9.67. The van der Waals surface area contributed by atoms with Gasteiger partial charge in [0.25, 0.3) is 5.91 Å². The number of hydrogen-bond donors (Lipinski definition) is 3. The van der Waals surface area contributed by atoms with Crippen molar-refractivity contribution >= 4 is 11.8 Å². The Hall–Kier alpha value is -1.92. The van der Waals surface area contributed by atoms with Gasteiger partial charge in [0.15, 0.2) is 0 Å². The van der Waals surface area contributed by atoms with Crippen molar-refractivity contribution in [2.45, 2.75) is 25.4 Å². The Kier molecular flexibility index (Phi) is 5.09. The SMILES string of the molecule is O=C(CC(=O)N[C@H]1CCN(Cc2ccccc2)C1)NO. The van der Waals surface area contributed by atoms with Gasteiger partial charge in [-0.3, -0.25) is 19.7 Å². The Labute approximate surface area is 117 Å². The van der Waals surface area contributed by atoms with Crippen molar-refractivity contribution in [1.29, 1.82) is 0 Å². The maximum absolute atomic E-state index is 11.5. The molecule has 0 aromatic heterocycles. The lowest BCUT2D eigenvalue weighted by molar-refractivity contribution is -0.134. The van der Waals surface area contributed by atoms with Crippen molar-refractivity contribution in [2.75, 3.05) is 13.1 Å². The number of carbonyl (C=O) groups excluding carboxylic acids is 2. The van der Waals surface area contributed by atoms with Crippen LogP contribution in [0.5, 0.6) is 0 Å². The summed E-state index contributed by atoms with van der Waals surface area (Å²) in [6, 6.07) is 10.2. The van der Waals surface area contributed by atoms with E-state index in [9.17, 15) is 9.59 Å². The summed E-state index contributed by atoms with van der Waals surface area (Å²) in [5.41, 5.74) is 2.70. The Morgan fingerprint density at radius 1 is 1.25 bits per heavy atom. The summed E-state index contributed by atoms with van der Waals surface area (Å²) in [6.07, 6.45) is 0.533. The van der Waals surface area contributed by atoms with Crippen LogP contribution in [0.4, 0.5) is 0 Å². The predicted molar refractivity (Wildman–Crippen MR) is 72.8 cm³/mol. The molecule has 0 unspecified atom stereocenters. The molecule has 6 nitrogen and oxygen atoms in total. The first-order valence-corrected chi connectivity index (χ1v) is 6.66. The lowest BCUT2D eigenvalue weighted by atomic mass is 10.2. The second kappa shape index (κ2) is 7.02. The summed E-state index contributed by atoms with van der Waals surface area (Å²) in [7, 11) is 0. The van der Waals surface area contributed by atoms with Crippen LogP contribution in [0.25, 0.3) is 0 Å². The minimum absolute atomic E-state index is 0.0673. The van der Waals surface area contributed by atoms with Gasteiger partial charge in [-0.25, -0.2) is 5.48 Å². The van der Waals surface area contributed by atoms with Crippen LogP contribution in [0.1, 0.15) is 18.4 Å². The van der Waals surface area contributed by atoms with Crippen molar-refractivity contribution in [3.63, 3.8) is 0 Å². The zero-order chi connectivity index (χ0) is 14.4. The molecule has 108 valence electrons. The van der Waals surface area contributed by atoms with Crippen LogP contribution < -0.4 is 10.8 Å². The lowest BCUT2D eigenvalue weighted by Gasteiger charge is -2.16. The predicted octanol–water partition coefficient (Wildman–Crippen LogP) is 0.273. The molecule has 1 aliphatic rings. The molecule has 0 radical (unpaired) electrons. The summed E-state index contributed by atoms with van der Waals surface area (Å²) < 4.78 is 0. The van der Waals surface area contributed by atoms with Gasteiger partial charge >= 0.3 is 0 Å². The van der Waals surface area contributed by atoms with E-state index in [-0.39, 0.29) is 18.4 Å². The molecule has 20 heavy (non-hydrogen) atoms. The Balaban J connectivity index is 1.75. The van der Waals surface area contributed by atoms with Crippen LogP contribution in [0.15, 0.2) is 30.3 Å². The molecule has 1 saturated heterocycles. The fourth-order valence-corrected chi connectivity index (χ4v) is 2.40. The third kappa shape index (κ3) is 4.32. The third-order valence-electron chi connectivity index (χ3n) is 3.33. The molecule has 1 heterocycles. The molecular formula is C14H19N3O3. The normalized spacial score (nSPS) is 18.8. The Bertz CT molecular complexity index is 464. The van der Waals surface area contributed by atoms with E-state index >= 15 is 0 Å². The maximum atomic E-state index is 11.5. The van der Waals surface area contributed by atoms with Gasteiger partial charge in [0.1, 0.15) is 6.42 Å². The van der Waals surface area contributed by atoms with Crippen molar-refractivity contribution in [2.24, 2.45) is 0 Å². The first-order valence-electron chi connectivity index (χ1n) is 6.66. The van der Waals surface area contributed by atoms with Gasteiger partial charge in [0, 0.05) is 25.7 Å². The fourth-order valence-electron chi connectivity index (χ4n) is 2.40. The number of amides is 2. The number of nitrogens with one attached hydrogen (secondary N) is 2. The van der Waals surface area contributed by atoms with Gasteiger partial charge in [-0.1, -0.05) is 30.3 Å². The third-order valence-corrected chi connectivity index (χ3v) is 3.33. The summed E-state index contributed by atoms with van der Waals surface area (Å²) in [6.45, 7) is 2.57. The fraction of sp³-hybridized carbons (Fsp3) is 0.429. The highest BCUT2D eigenvalue weighted by molar-refractivity contribution is 5.96. The number of rotatable bonds is 5. The molecule has 3 N–H and O–H groups in total. The molecule has 1 aromatic rings. The number of nitrogens with zero attached hydrogens (tertiary/aromatic N) is 1. The zero-order valence-corrected chi connectivity index (χ0v) is 11.2. The molecule has 2 rings (SSSR count). The number of carbonyl (C=O) groups is 2. The number of benzene rings is 1. The van der Waals surface area contributed by atoms with Crippen LogP contribution in [0, 0.1) is 0 Å². The van der Waals surface area contributed by atoms with E-state index in [2.05, 4.69) is 22.3 Å². The molecule has 1 aromatic carbocycles. The van der Waals surface area contributed by atoms with Crippen LogP contribution in [-0.4, -0.2) is 41.1 Å². The standard InChI is InChI=1S/C14H19N3O3/c18-13(8-14(19)16-20)15-12-6-7-17(10-12)9-11-4-2-1-3-5-11/h1-5,12,20H,6-10H2,(H,15,18)(H,16,19)/t12-/m0/s1. The average Bonchev–Trinajstić information content (AvgIpc) is 2.86. The summed E-state index contributed by atoms with van der Waals surface area (Å²) in [5, 5.41) is 11.2. The second-order valence-electron chi connectivity index (χ2n) is 4.99. The summed E-state index contributed by atoms with van der Waals surface area (Å²) in [5.74, 6) is -1.05. The van der Waals surface area contributed by atoms with Crippen molar-refractivity contribution in [3.8, 4) is 0 Å². The molecule has 1 fully saturated rings. The van der Waals surface area contributed by atoms with Gasteiger partial charge in [0.05, 0.1) is 0 Å². The number of hydroxylamine groups is 1. The van der Waals surface area contributed by atoms with E-state index in [4.69, 9.17) is 5.21 Å². The van der Waals surface area contributed by atoms with E-state index in [0.717, 1.165) is 26.1 Å². The van der Waals surface area contributed by atoms with Crippen molar-refractivity contribution in [1.82, 2.24) is 15.7 Å². The Morgan fingerprint density at radius 3 is 2.70 bits per heavy atom. The van der Waals surface area contributed by atoms with E-state index in [1.165, 1.54) is 11.0 Å². The minimum Gasteiger partial charge on any atom is -0.352 e.